The number of carbonyl (C=O) groups excluding carboxylic acids is 1. The van der Waals surface area contributed by atoms with Gasteiger partial charge in [0.15, 0.2) is 5.82 Å². The molecule has 0 unspecified atom stereocenters. The summed E-state index contributed by atoms with van der Waals surface area (Å²) in [4.78, 5) is 14.6. The zero-order chi connectivity index (χ0) is 17.8. The number of hydrogen-bond donors (Lipinski definition) is 1. The van der Waals surface area contributed by atoms with Crippen LogP contribution < -0.4 is 5.32 Å². The average Bonchev–Trinajstić information content (AvgIpc) is 2.81. The first-order chi connectivity index (χ1) is 12.1. The maximum Gasteiger partial charge on any atom is 0.242 e. The molecule has 134 valence electrons. The number of benzene rings is 1. The molecule has 0 radical (unpaired) electrons. The van der Waals surface area contributed by atoms with Crippen LogP contribution >= 0.6 is 11.6 Å². The third-order valence-electron chi connectivity index (χ3n) is 4.56. The third kappa shape index (κ3) is 4.19. The lowest BCUT2D eigenvalue weighted by Gasteiger charge is -2.24. The molecule has 1 aromatic carbocycles. The van der Waals surface area contributed by atoms with Crippen LogP contribution in [-0.4, -0.2) is 39.7 Å². The molecule has 1 aliphatic heterocycles. The Kier molecular flexibility index (Phi) is 5.71. The van der Waals surface area contributed by atoms with E-state index < -0.39 is 0 Å². The molecule has 1 aliphatic rings. The van der Waals surface area contributed by atoms with Crippen molar-refractivity contribution in [3.8, 4) is 0 Å². The molecule has 0 bridgehead atoms. The number of rotatable bonds is 5. The standard InChI is InChI=1S/C18H24ClN5O/c1-23(2)17(13-7-9-14(19)10-8-13)18(25)20-12-16-22-21-15-6-4-3-5-11-24(15)16/h7-10,17H,3-6,11-12H2,1-2H3,(H,20,25)/t17-/m0/s1. The quantitative estimate of drug-likeness (QED) is 0.889. The molecule has 25 heavy (non-hydrogen) atoms. The van der Waals surface area contributed by atoms with Gasteiger partial charge in [-0.15, -0.1) is 10.2 Å². The monoisotopic (exact) mass is 361 g/mol. The highest BCUT2D eigenvalue weighted by atomic mass is 35.5. The summed E-state index contributed by atoms with van der Waals surface area (Å²) in [6.07, 6.45) is 4.47. The number of aromatic nitrogens is 3. The van der Waals surface area contributed by atoms with Crippen LogP contribution in [0.2, 0.25) is 5.02 Å². The Bertz CT molecular complexity index is 726. The van der Waals surface area contributed by atoms with E-state index in [2.05, 4.69) is 20.1 Å². The summed E-state index contributed by atoms with van der Waals surface area (Å²) < 4.78 is 2.15. The van der Waals surface area contributed by atoms with E-state index in [1.807, 2.05) is 31.1 Å². The number of fused-ring (bicyclic) bond motifs is 1. The maximum absolute atomic E-state index is 12.8. The van der Waals surface area contributed by atoms with Crippen LogP contribution in [0.25, 0.3) is 0 Å². The zero-order valence-corrected chi connectivity index (χ0v) is 15.5. The molecule has 6 nitrogen and oxygen atoms in total. The molecule has 1 N–H and O–H groups in total. The fraction of sp³-hybridized carbons (Fsp3) is 0.500. The summed E-state index contributed by atoms with van der Waals surface area (Å²) in [7, 11) is 3.78. The van der Waals surface area contributed by atoms with Gasteiger partial charge in [0.25, 0.3) is 0 Å². The Morgan fingerprint density at radius 2 is 2.00 bits per heavy atom. The van der Waals surface area contributed by atoms with Crippen molar-refractivity contribution in [2.45, 2.75) is 44.8 Å². The van der Waals surface area contributed by atoms with E-state index in [0.29, 0.717) is 11.6 Å². The van der Waals surface area contributed by atoms with Gasteiger partial charge in [0.2, 0.25) is 5.91 Å². The highest BCUT2D eigenvalue weighted by Gasteiger charge is 2.23. The van der Waals surface area contributed by atoms with Gasteiger partial charge >= 0.3 is 0 Å². The van der Waals surface area contributed by atoms with Crippen molar-refractivity contribution in [2.75, 3.05) is 14.1 Å². The molecule has 0 spiro atoms. The van der Waals surface area contributed by atoms with Gasteiger partial charge in [-0.05, 0) is 44.6 Å². The number of aryl methyl sites for hydroxylation is 1. The van der Waals surface area contributed by atoms with Crippen molar-refractivity contribution in [3.05, 3.63) is 46.5 Å². The fourth-order valence-electron chi connectivity index (χ4n) is 3.27. The van der Waals surface area contributed by atoms with E-state index in [9.17, 15) is 4.79 Å². The van der Waals surface area contributed by atoms with Gasteiger partial charge in [-0.2, -0.15) is 0 Å². The van der Waals surface area contributed by atoms with Crippen molar-refractivity contribution in [3.63, 3.8) is 0 Å². The molecule has 0 fully saturated rings. The van der Waals surface area contributed by atoms with Crippen LogP contribution in [0.5, 0.6) is 0 Å². The topological polar surface area (TPSA) is 63.1 Å². The molecule has 0 saturated carbocycles. The van der Waals surface area contributed by atoms with Crippen molar-refractivity contribution in [2.24, 2.45) is 0 Å². The van der Waals surface area contributed by atoms with Crippen molar-refractivity contribution >= 4 is 17.5 Å². The second kappa shape index (κ2) is 7.97. The molecule has 7 heteroatoms. The lowest BCUT2D eigenvalue weighted by Crippen LogP contribution is -2.37. The summed E-state index contributed by atoms with van der Waals surface area (Å²) in [5.74, 6) is 1.81. The van der Waals surface area contributed by atoms with Crippen molar-refractivity contribution in [1.29, 1.82) is 0 Å². The van der Waals surface area contributed by atoms with Crippen LogP contribution in [-0.2, 0) is 24.3 Å². The van der Waals surface area contributed by atoms with E-state index in [1.54, 1.807) is 12.1 Å². The van der Waals surface area contributed by atoms with Crippen LogP contribution in [0.4, 0.5) is 0 Å². The predicted octanol–water partition coefficient (Wildman–Crippen LogP) is 2.58. The van der Waals surface area contributed by atoms with Crippen LogP contribution in [0.3, 0.4) is 0 Å². The third-order valence-corrected chi connectivity index (χ3v) is 4.81. The summed E-state index contributed by atoms with van der Waals surface area (Å²) in [6.45, 7) is 1.32. The molecule has 1 amide bonds. The Balaban J connectivity index is 1.70. The minimum Gasteiger partial charge on any atom is -0.347 e. The summed E-state index contributed by atoms with van der Waals surface area (Å²) in [5.41, 5.74) is 0.909. The molecule has 2 heterocycles. The lowest BCUT2D eigenvalue weighted by atomic mass is 10.1. The first-order valence-electron chi connectivity index (χ1n) is 8.67. The Morgan fingerprint density at radius 1 is 1.24 bits per heavy atom. The molecule has 2 aromatic rings. The normalized spacial score (nSPS) is 15.5. The van der Waals surface area contributed by atoms with Crippen LogP contribution in [0.1, 0.15) is 42.5 Å². The zero-order valence-electron chi connectivity index (χ0n) is 14.7. The number of amides is 1. The minimum atomic E-state index is -0.371. The summed E-state index contributed by atoms with van der Waals surface area (Å²) in [5, 5.41) is 12.2. The average molecular weight is 362 g/mol. The second-order valence-corrected chi connectivity index (χ2v) is 7.07. The Labute approximate surface area is 153 Å². The highest BCUT2D eigenvalue weighted by molar-refractivity contribution is 6.30. The molecule has 1 atom stereocenters. The van der Waals surface area contributed by atoms with Crippen LogP contribution in [0.15, 0.2) is 24.3 Å². The van der Waals surface area contributed by atoms with Gasteiger partial charge in [0, 0.05) is 18.0 Å². The van der Waals surface area contributed by atoms with Gasteiger partial charge in [-0.25, -0.2) is 0 Å². The number of nitrogens with zero attached hydrogens (tertiary/aromatic N) is 4. The van der Waals surface area contributed by atoms with Gasteiger partial charge in [-0.3, -0.25) is 9.69 Å². The number of nitrogens with one attached hydrogen (secondary N) is 1. The first-order valence-corrected chi connectivity index (χ1v) is 9.04. The first kappa shape index (κ1) is 17.9. The molecular weight excluding hydrogens is 338 g/mol. The van der Waals surface area contributed by atoms with Gasteiger partial charge in [0.05, 0.1) is 6.54 Å². The van der Waals surface area contributed by atoms with Crippen molar-refractivity contribution < 1.29 is 4.79 Å². The Hall–Kier alpha value is -1.92. The molecule has 0 saturated heterocycles. The van der Waals surface area contributed by atoms with E-state index in [0.717, 1.165) is 43.0 Å². The SMILES string of the molecule is CN(C)[C@H](C(=O)NCc1nnc2n1CCCCC2)c1ccc(Cl)cc1. The second-order valence-electron chi connectivity index (χ2n) is 6.63. The molecular formula is C18H24ClN5O. The van der Waals surface area contributed by atoms with Gasteiger partial charge in [0.1, 0.15) is 11.9 Å². The molecule has 3 rings (SSSR count). The number of carbonyl (C=O) groups is 1. The van der Waals surface area contributed by atoms with E-state index in [-0.39, 0.29) is 11.9 Å². The largest absolute Gasteiger partial charge is 0.347 e. The number of halogens is 1. The summed E-state index contributed by atoms with van der Waals surface area (Å²) >= 11 is 5.95. The maximum atomic E-state index is 12.8. The summed E-state index contributed by atoms with van der Waals surface area (Å²) in [6, 6.07) is 7.01. The lowest BCUT2D eigenvalue weighted by molar-refractivity contribution is -0.126. The molecule has 1 aromatic heterocycles. The predicted molar refractivity (Wildman–Crippen MR) is 97.3 cm³/mol. The van der Waals surface area contributed by atoms with Crippen LogP contribution in [0, 0.1) is 0 Å². The van der Waals surface area contributed by atoms with Crippen molar-refractivity contribution in [1.82, 2.24) is 25.0 Å². The number of likely N-dealkylation sites (N-methyl/N-ethyl adjacent to an activating group) is 1. The smallest absolute Gasteiger partial charge is 0.242 e. The van der Waals surface area contributed by atoms with E-state index in [4.69, 9.17) is 11.6 Å². The minimum absolute atomic E-state index is 0.0571. The fourth-order valence-corrected chi connectivity index (χ4v) is 3.39. The van der Waals surface area contributed by atoms with E-state index in [1.165, 1.54) is 6.42 Å². The molecule has 0 aliphatic carbocycles. The van der Waals surface area contributed by atoms with E-state index >= 15 is 0 Å². The Morgan fingerprint density at radius 3 is 2.72 bits per heavy atom. The number of hydrogen-bond acceptors (Lipinski definition) is 4. The highest BCUT2D eigenvalue weighted by Crippen LogP contribution is 2.21. The van der Waals surface area contributed by atoms with Gasteiger partial charge < -0.3 is 9.88 Å². The van der Waals surface area contributed by atoms with Gasteiger partial charge in [-0.1, -0.05) is 30.2 Å².